The van der Waals surface area contributed by atoms with E-state index in [1.165, 1.54) is 0 Å². The second kappa shape index (κ2) is 4.14. The van der Waals surface area contributed by atoms with E-state index in [0.717, 1.165) is 11.1 Å². The van der Waals surface area contributed by atoms with Crippen molar-refractivity contribution in [2.24, 2.45) is 5.73 Å². The molecule has 6 heteroatoms. The lowest BCUT2D eigenvalue weighted by Crippen LogP contribution is -2.17. The Morgan fingerprint density at radius 1 is 1.29 bits per heavy atom. The zero-order valence-electron chi connectivity index (χ0n) is 9.52. The maximum Gasteiger partial charge on any atom is 0.254 e. The van der Waals surface area contributed by atoms with Crippen LogP contribution in [0.3, 0.4) is 0 Å². The molecule has 0 bridgehead atoms. The Morgan fingerprint density at radius 3 is 2.47 bits per heavy atom. The van der Waals surface area contributed by atoms with Gasteiger partial charge in [-0.2, -0.15) is 11.3 Å². The predicted octanol–water partition coefficient (Wildman–Crippen LogP) is 1.50. The van der Waals surface area contributed by atoms with Gasteiger partial charge in [0.05, 0.1) is 5.69 Å². The lowest BCUT2D eigenvalue weighted by molar-refractivity contribution is 0.1000. The highest BCUT2D eigenvalue weighted by atomic mass is 32.1. The van der Waals surface area contributed by atoms with E-state index in [0.29, 0.717) is 11.5 Å². The summed E-state index contributed by atoms with van der Waals surface area (Å²) in [5.41, 5.74) is 13.7. The fourth-order valence-electron chi connectivity index (χ4n) is 1.61. The molecule has 2 aromatic heterocycles. The quantitative estimate of drug-likeness (QED) is 0.842. The van der Waals surface area contributed by atoms with Crippen molar-refractivity contribution in [2.45, 2.75) is 13.8 Å². The number of nitrogen functional groups attached to an aromatic ring is 1. The van der Waals surface area contributed by atoms with Crippen molar-refractivity contribution in [3.63, 3.8) is 0 Å². The summed E-state index contributed by atoms with van der Waals surface area (Å²) in [5.74, 6) is 0.0583. The van der Waals surface area contributed by atoms with Gasteiger partial charge in [-0.15, -0.1) is 0 Å². The molecule has 2 aromatic rings. The third kappa shape index (κ3) is 1.99. The Hall–Kier alpha value is -1.95. The largest absolute Gasteiger partial charge is 0.383 e. The van der Waals surface area contributed by atoms with Crippen LogP contribution in [0, 0.1) is 13.8 Å². The summed E-state index contributed by atoms with van der Waals surface area (Å²) in [6.07, 6.45) is 0. The monoisotopic (exact) mass is 248 g/mol. The van der Waals surface area contributed by atoms with Crippen molar-refractivity contribution in [3.05, 3.63) is 27.6 Å². The first-order valence-electron chi connectivity index (χ1n) is 4.97. The van der Waals surface area contributed by atoms with Gasteiger partial charge in [-0.3, -0.25) is 4.79 Å². The number of aryl methyl sites for hydroxylation is 2. The topological polar surface area (TPSA) is 94.9 Å². The van der Waals surface area contributed by atoms with Crippen molar-refractivity contribution in [3.8, 4) is 11.4 Å². The molecule has 0 unspecified atom stereocenters. The molecule has 0 atom stereocenters. The van der Waals surface area contributed by atoms with E-state index in [1.54, 1.807) is 18.3 Å². The molecule has 0 saturated carbocycles. The standard InChI is InChI=1S/C11H12N4OS/c1-5-3-17-4-7(5)11-14-6(2)8(10(13)16)9(12)15-11/h3-4H,1-2H3,(H2,13,16)(H2,12,14,15). The summed E-state index contributed by atoms with van der Waals surface area (Å²) in [6, 6.07) is 0. The van der Waals surface area contributed by atoms with Gasteiger partial charge in [0.2, 0.25) is 0 Å². The van der Waals surface area contributed by atoms with Crippen molar-refractivity contribution in [1.82, 2.24) is 9.97 Å². The molecule has 2 rings (SSSR count). The van der Waals surface area contributed by atoms with Crippen LogP contribution < -0.4 is 11.5 Å². The number of primary amides is 1. The molecule has 5 nitrogen and oxygen atoms in total. The Morgan fingerprint density at radius 2 is 2.00 bits per heavy atom. The van der Waals surface area contributed by atoms with Gasteiger partial charge < -0.3 is 11.5 Å². The molecule has 88 valence electrons. The number of aromatic nitrogens is 2. The van der Waals surface area contributed by atoms with Gasteiger partial charge in [0.15, 0.2) is 5.82 Å². The number of hydrogen-bond acceptors (Lipinski definition) is 5. The van der Waals surface area contributed by atoms with Crippen molar-refractivity contribution in [1.29, 1.82) is 0 Å². The van der Waals surface area contributed by atoms with Crippen molar-refractivity contribution in [2.75, 3.05) is 5.73 Å². The summed E-state index contributed by atoms with van der Waals surface area (Å²) in [5, 5.41) is 3.96. The lowest BCUT2D eigenvalue weighted by atomic mass is 10.1. The molecular weight excluding hydrogens is 236 g/mol. The molecule has 0 aliphatic carbocycles. The number of rotatable bonds is 2. The Balaban J connectivity index is 2.61. The number of carbonyl (C=O) groups excluding carboxylic acids is 1. The zero-order valence-corrected chi connectivity index (χ0v) is 10.3. The molecule has 4 N–H and O–H groups in total. The average molecular weight is 248 g/mol. The number of nitrogens with zero attached hydrogens (tertiary/aromatic N) is 2. The maximum absolute atomic E-state index is 11.2. The van der Waals surface area contributed by atoms with Gasteiger partial charge in [0.25, 0.3) is 5.91 Å². The van der Waals surface area contributed by atoms with E-state index in [-0.39, 0.29) is 11.4 Å². The van der Waals surface area contributed by atoms with E-state index < -0.39 is 5.91 Å². The van der Waals surface area contributed by atoms with Crippen LogP contribution in [-0.2, 0) is 0 Å². The summed E-state index contributed by atoms with van der Waals surface area (Å²) < 4.78 is 0. The molecule has 1 amide bonds. The van der Waals surface area contributed by atoms with Crippen LogP contribution in [0.1, 0.15) is 21.6 Å². The second-order valence-electron chi connectivity index (χ2n) is 3.73. The fourth-order valence-corrected chi connectivity index (χ4v) is 2.44. The summed E-state index contributed by atoms with van der Waals surface area (Å²) in [7, 11) is 0. The Bertz CT molecular complexity index is 568. The Labute approximate surface area is 103 Å². The summed E-state index contributed by atoms with van der Waals surface area (Å²) >= 11 is 1.57. The minimum absolute atomic E-state index is 0.130. The molecular formula is C11H12N4OS. The normalized spacial score (nSPS) is 10.5. The van der Waals surface area contributed by atoms with Crippen LogP contribution in [0.2, 0.25) is 0 Å². The second-order valence-corrected chi connectivity index (χ2v) is 4.47. The van der Waals surface area contributed by atoms with E-state index in [4.69, 9.17) is 11.5 Å². The molecule has 0 fully saturated rings. The zero-order chi connectivity index (χ0) is 12.6. The number of hydrogen-bond donors (Lipinski definition) is 2. The highest BCUT2D eigenvalue weighted by Gasteiger charge is 2.15. The first-order chi connectivity index (χ1) is 8.00. The van der Waals surface area contributed by atoms with Crippen LogP contribution in [0.4, 0.5) is 5.82 Å². The number of thiophene rings is 1. The van der Waals surface area contributed by atoms with Gasteiger partial charge in [-0.1, -0.05) is 0 Å². The molecule has 17 heavy (non-hydrogen) atoms. The average Bonchev–Trinajstić information content (AvgIpc) is 2.62. The third-order valence-electron chi connectivity index (χ3n) is 2.46. The van der Waals surface area contributed by atoms with E-state index in [2.05, 4.69) is 9.97 Å². The van der Waals surface area contributed by atoms with E-state index in [9.17, 15) is 4.79 Å². The molecule has 0 spiro atoms. The molecule has 0 saturated heterocycles. The summed E-state index contributed by atoms with van der Waals surface area (Å²) in [4.78, 5) is 19.6. The predicted molar refractivity (Wildman–Crippen MR) is 67.7 cm³/mol. The fraction of sp³-hybridized carbons (Fsp3) is 0.182. The van der Waals surface area contributed by atoms with Crippen molar-refractivity contribution < 1.29 is 4.79 Å². The molecule has 0 aliphatic heterocycles. The smallest absolute Gasteiger partial charge is 0.254 e. The highest BCUT2D eigenvalue weighted by Crippen LogP contribution is 2.25. The molecule has 2 heterocycles. The third-order valence-corrected chi connectivity index (χ3v) is 3.32. The van der Waals surface area contributed by atoms with Crippen LogP contribution >= 0.6 is 11.3 Å². The Kier molecular flexibility index (Phi) is 2.81. The first-order valence-corrected chi connectivity index (χ1v) is 5.92. The number of amides is 1. The van der Waals surface area contributed by atoms with Gasteiger partial charge in [0.1, 0.15) is 11.4 Å². The van der Waals surface area contributed by atoms with Crippen LogP contribution in [0.15, 0.2) is 10.8 Å². The lowest BCUT2D eigenvalue weighted by Gasteiger charge is -2.07. The molecule has 0 radical (unpaired) electrons. The molecule has 0 aliphatic rings. The van der Waals surface area contributed by atoms with Gasteiger partial charge in [-0.25, -0.2) is 9.97 Å². The number of anilines is 1. The molecule has 0 aromatic carbocycles. The SMILES string of the molecule is Cc1cscc1-c1nc(C)c(C(N)=O)c(N)n1. The number of nitrogens with two attached hydrogens (primary N) is 2. The van der Waals surface area contributed by atoms with E-state index in [1.807, 2.05) is 17.7 Å². The minimum atomic E-state index is -0.603. The van der Waals surface area contributed by atoms with Crippen LogP contribution in [-0.4, -0.2) is 15.9 Å². The van der Waals surface area contributed by atoms with E-state index >= 15 is 0 Å². The van der Waals surface area contributed by atoms with Crippen LogP contribution in [0.5, 0.6) is 0 Å². The highest BCUT2D eigenvalue weighted by molar-refractivity contribution is 7.08. The summed E-state index contributed by atoms with van der Waals surface area (Å²) in [6.45, 7) is 3.67. The maximum atomic E-state index is 11.2. The first kappa shape index (κ1) is 11.5. The van der Waals surface area contributed by atoms with Crippen molar-refractivity contribution >= 4 is 23.1 Å². The van der Waals surface area contributed by atoms with Gasteiger partial charge >= 0.3 is 0 Å². The van der Waals surface area contributed by atoms with Gasteiger partial charge in [0, 0.05) is 10.9 Å². The van der Waals surface area contributed by atoms with Gasteiger partial charge in [-0.05, 0) is 24.8 Å². The minimum Gasteiger partial charge on any atom is -0.383 e. The number of carbonyl (C=O) groups is 1. The van der Waals surface area contributed by atoms with Crippen LogP contribution in [0.25, 0.3) is 11.4 Å².